The van der Waals surface area contributed by atoms with Gasteiger partial charge in [-0.15, -0.1) is 0 Å². The highest BCUT2D eigenvalue weighted by Crippen LogP contribution is 2.57. The summed E-state index contributed by atoms with van der Waals surface area (Å²) in [7, 11) is -3.89. The fourth-order valence-electron chi connectivity index (χ4n) is 6.39. The van der Waals surface area contributed by atoms with Gasteiger partial charge in [0.1, 0.15) is 0 Å². The van der Waals surface area contributed by atoms with Crippen LogP contribution in [0.1, 0.15) is 93.9 Å². The lowest BCUT2D eigenvalue weighted by Gasteiger charge is -2.45. The molecule has 5 heteroatoms. The molecule has 0 aromatic carbocycles. The number of hydrogen-bond donors (Lipinski definition) is 1. The zero-order valence-corrected chi connectivity index (χ0v) is 28.8. The summed E-state index contributed by atoms with van der Waals surface area (Å²) in [6.45, 7) is 32.4. The van der Waals surface area contributed by atoms with Crippen molar-refractivity contribution in [2.24, 2.45) is 11.3 Å². The second-order valence-corrected chi connectivity index (χ2v) is 25.1. The molecule has 3 nitrogen and oxygen atoms in total. The van der Waals surface area contributed by atoms with Gasteiger partial charge in [-0.3, -0.25) is 0 Å². The summed E-state index contributed by atoms with van der Waals surface area (Å²) in [5.41, 5.74) is 5.24. The lowest BCUT2D eigenvalue weighted by atomic mass is 9.65. The molecule has 3 fully saturated rings. The second-order valence-electron chi connectivity index (χ2n) is 15.6. The van der Waals surface area contributed by atoms with Gasteiger partial charge in [0, 0.05) is 6.42 Å². The molecule has 3 rings (SSSR count). The summed E-state index contributed by atoms with van der Waals surface area (Å²) in [6.07, 6.45) is 12.8. The molecule has 216 valence electrons. The molecule has 0 heterocycles. The zero-order valence-electron chi connectivity index (χ0n) is 26.8. The lowest BCUT2D eigenvalue weighted by molar-refractivity contribution is 0.0970. The van der Waals surface area contributed by atoms with Crippen molar-refractivity contribution in [2.75, 3.05) is 0 Å². The molecule has 0 spiro atoms. The van der Waals surface area contributed by atoms with Crippen molar-refractivity contribution in [3.63, 3.8) is 0 Å². The van der Waals surface area contributed by atoms with Crippen LogP contribution in [0.15, 0.2) is 47.1 Å². The SMILES string of the molecule is C=C1C(=CC=C2CCC[C@]3(C)/C(=C\C)[C@@H](O)C[C@@H]23)C[C@@H](O[Si](C)(C)C(C)(C)C)C[C@@H]1O[Si](C)(C)C(C)(C)C. The Morgan fingerprint density at radius 1 is 0.947 bits per heavy atom. The van der Waals surface area contributed by atoms with Crippen LogP contribution >= 0.6 is 0 Å². The predicted molar refractivity (Wildman–Crippen MR) is 169 cm³/mol. The van der Waals surface area contributed by atoms with E-state index in [9.17, 15) is 5.11 Å². The van der Waals surface area contributed by atoms with Crippen LogP contribution in [-0.2, 0) is 8.85 Å². The van der Waals surface area contributed by atoms with Crippen LogP contribution in [0.25, 0.3) is 0 Å². The van der Waals surface area contributed by atoms with E-state index in [4.69, 9.17) is 8.85 Å². The third-order valence-corrected chi connectivity index (χ3v) is 19.9. The van der Waals surface area contributed by atoms with E-state index in [-0.39, 0.29) is 33.8 Å². The normalized spacial score (nSPS) is 34.9. The summed E-state index contributed by atoms with van der Waals surface area (Å²) in [5.74, 6) is 0.421. The Morgan fingerprint density at radius 2 is 1.53 bits per heavy atom. The van der Waals surface area contributed by atoms with E-state index in [0.717, 1.165) is 31.3 Å². The van der Waals surface area contributed by atoms with Gasteiger partial charge in [0.15, 0.2) is 16.6 Å². The van der Waals surface area contributed by atoms with Crippen LogP contribution in [0.4, 0.5) is 0 Å². The molecule has 0 aliphatic heterocycles. The van der Waals surface area contributed by atoms with Crippen LogP contribution in [0.2, 0.25) is 36.3 Å². The fraction of sp³-hybridized carbons (Fsp3) is 0.758. The summed E-state index contributed by atoms with van der Waals surface area (Å²) in [6, 6.07) is 0. The quantitative estimate of drug-likeness (QED) is 0.270. The standard InChI is InChI=1S/C33H58O3Si2/c1-14-27-29(34)22-28-24(16-15-19-33(27,28)9)17-18-25-20-26(35-37(10,11)31(3,4)5)21-30(23(25)2)36-38(12,13)32(6,7)8/h14,17-18,26,28-30,34H,2,15-16,19-22H2,1,3-13H3/b24-17?,25-18?,27-14-/t26-,28+,29+,30+,33-/m1/s1. The highest BCUT2D eigenvalue weighted by molar-refractivity contribution is 6.74. The van der Waals surface area contributed by atoms with Gasteiger partial charge in [0.05, 0.1) is 18.3 Å². The van der Waals surface area contributed by atoms with Gasteiger partial charge in [0.2, 0.25) is 0 Å². The molecule has 0 aromatic heterocycles. The number of fused-ring (bicyclic) bond motifs is 1. The number of aliphatic hydroxyl groups excluding tert-OH is 1. The predicted octanol–water partition coefficient (Wildman–Crippen LogP) is 9.49. The Hall–Kier alpha value is -0.726. The van der Waals surface area contributed by atoms with Gasteiger partial charge in [0.25, 0.3) is 0 Å². The van der Waals surface area contributed by atoms with Crippen LogP contribution in [0.5, 0.6) is 0 Å². The van der Waals surface area contributed by atoms with Crippen molar-refractivity contribution >= 4 is 16.6 Å². The summed E-state index contributed by atoms with van der Waals surface area (Å²) >= 11 is 0. The maximum atomic E-state index is 10.8. The Bertz CT molecular complexity index is 989. The van der Waals surface area contributed by atoms with E-state index in [1.165, 1.54) is 29.6 Å². The highest BCUT2D eigenvalue weighted by atomic mass is 28.4. The highest BCUT2D eigenvalue weighted by Gasteiger charge is 2.50. The van der Waals surface area contributed by atoms with E-state index in [2.05, 4.69) is 106 Å². The molecule has 3 saturated carbocycles. The molecule has 38 heavy (non-hydrogen) atoms. The number of hydrogen-bond acceptors (Lipinski definition) is 3. The maximum absolute atomic E-state index is 10.8. The maximum Gasteiger partial charge on any atom is 0.192 e. The minimum atomic E-state index is -1.97. The van der Waals surface area contributed by atoms with Crippen molar-refractivity contribution in [3.05, 3.63) is 47.1 Å². The van der Waals surface area contributed by atoms with Crippen molar-refractivity contribution in [2.45, 2.75) is 148 Å². The first-order valence-corrected chi connectivity index (χ1v) is 20.8. The van der Waals surface area contributed by atoms with Gasteiger partial charge >= 0.3 is 0 Å². The zero-order chi connectivity index (χ0) is 28.9. The summed E-state index contributed by atoms with van der Waals surface area (Å²) < 4.78 is 14.0. The number of rotatable bonds is 5. The topological polar surface area (TPSA) is 38.7 Å². The van der Waals surface area contributed by atoms with E-state index in [0.29, 0.717) is 5.92 Å². The van der Waals surface area contributed by atoms with Crippen LogP contribution < -0.4 is 0 Å². The Kier molecular flexibility index (Phi) is 9.14. The van der Waals surface area contributed by atoms with Crippen molar-refractivity contribution in [1.29, 1.82) is 0 Å². The molecular formula is C33H58O3Si2. The third kappa shape index (κ3) is 6.27. The molecule has 0 saturated heterocycles. The number of allylic oxidation sites excluding steroid dienone is 4. The van der Waals surface area contributed by atoms with Gasteiger partial charge in [-0.1, -0.05) is 78.8 Å². The van der Waals surface area contributed by atoms with E-state index in [1.807, 2.05) is 0 Å². The number of aliphatic hydroxyl groups is 1. The molecule has 5 atom stereocenters. The van der Waals surface area contributed by atoms with E-state index >= 15 is 0 Å². The molecule has 1 N–H and O–H groups in total. The van der Waals surface area contributed by atoms with Crippen molar-refractivity contribution in [3.8, 4) is 0 Å². The average molecular weight is 559 g/mol. The van der Waals surface area contributed by atoms with Crippen LogP contribution in [0.3, 0.4) is 0 Å². The Balaban J connectivity index is 1.95. The van der Waals surface area contributed by atoms with Crippen molar-refractivity contribution < 1.29 is 14.0 Å². The molecule has 0 unspecified atom stereocenters. The third-order valence-electron chi connectivity index (χ3n) is 10.9. The molecule has 0 bridgehead atoms. The molecule has 0 amide bonds. The molecule has 0 aromatic rings. The first-order valence-electron chi connectivity index (χ1n) is 15.0. The fourth-order valence-corrected chi connectivity index (χ4v) is 9.06. The molecule has 3 aliphatic carbocycles. The minimum Gasteiger partial charge on any atom is -0.413 e. The largest absolute Gasteiger partial charge is 0.413 e. The van der Waals surface area contributed by atoms with E-state index in [1.54, 1.807) is 0 Å². The average Bonchev–Trinajstić information content (AvgIpc) is 3.02. The van der Waals surface area contributed by atoms with Gasteiger partial charge in [-0.2, -0.15) is 0 Å². The van der Waals surface area contributed by atoms with Crippen LogP contribution in [0, 0.1) is 11.3 Å². The van der Waals surface area contributed by atoms with E-state index < -0.39 is 16.6 Å². The Morgan fingerprint density at radius 3 is 2.08 bits per heavy atom. The monoisotopic (exact) mass is 558 g/mol. The van der Waals surface area contributed by atoms with Crippen LogP contribution in [-0.4, -0.2) is 40.1 Å². The molecule has 0 radical (unpaired) electrons. The van der Waals surface area contributed by atoms with Gasteiger partial charge in [-0.25, -0.2) is 0 Å². The molecule has 3 aliphatic rings. The van der Waals surface area contributed by atoms with Gasteiger partial charge in [-0.05, 0) is 103 Å². The van der Waals surface area contributed by atoms with Gasteiger partial charge < -0.3 is 14.0 Å². The first kappa shape index (κ1) is 31.8. The first-order chi connectivity index (χ1) is 17.2. The second kappa shape index (κ2) is 10.9. The minimum absolute atomic E-state index is 0.00334. The summed E-state index contributed by atoms with van der Waals surface area (Å²) in [4.78, 5) is 0. The smallest absolute Gasteiger partial charge is 0.192 e. The molecular weight excluding hydrogens is 501 g/mol. The Labute approximate surface area is 237 Å². The lowest BCUT2D eigenvalue weighted by Crippen LogP contribution is -2.49. The van der Waals surface area contributed by atoms with Crippen molar-refractivity contribution in [1.82, 2.24) is 0 Å². The summed E-state index contributed by atoms with van der Waals surface area (Å²) in [5, 5.41) is 11.1.